The van der Waals surface area contributed by atoms with E-state index in [0.717, 1.165) is 16.7 Å². The van der Waals surface area contributed by atoms with Gasteiger partial charge in [-0.1, -0.05) is 6.58 Å². The standard InChI is InChI=1S/C11H15NO.BrH/c1-4-9-12(2,3)10-5-7-11(13)8-6-10;/h4-8H,1,9H2,2-3H3;1H. The Morgan fingerprint density at radius 2 is 1.79 bits per heavy atom. The lowest BCUT2D eigenvalue weighted by molar-refractivity contribution is -0.00000394. The van der Waals surface area contributed by atoms with Crippen LogP contribution in [-0.4, -0.2) is 25.7 Å². The lowest BCUT2D eigenvalue weighted by atomic mass is 10.2. The van der Waals surface area contributed by atoms with Crippen LogP contribution in [0.25, 0.3) is 0 Å². The Labute approximate surface area is 95.8 Å². The molecule has 0 saturated carbocycles. The van der Waals surface area contributed by atoms with Gasteiger partial charge < -0.3 is 22.1 Å². The maximum Gasteiger partial charge on any atom is 0.132 e. The number of quaternary nitrogens is 1. The largest absolute Gasteiger partial charge is 1.00 e. The number of phenols is 1. The van der Waals surface area contributed by atoms with Gasteiger partial charge in [-0.15, -0.1) is 0 Å². The van der Waals surface area contributed by atoms with Crippen LogP contribution in [0.2, 0.25) is 0 Å². The Morgan fingerprint density at radius 3 is 2.21 bits per heavy atom. The lowest BCUT2D eigenvalue weighted by Crippen LogP contribution is -3.00. The Balaban J connectivity index is 0.00000169. The average molecular weight is 258 g/mol. The number of likely N-dealkylation sites (N-methyl/N-ethyl adjacent to an activating group) is 1. The molecule has 0 aliphatic carbocycles. The Kier molecular flexibility index (Phi) is 4.88. The van der Waals surface area contributed by atoms with Crippen LogP contribution < -0.4 is 21.5 Å². The summed E-state index contributed by atoms with van der Waals surface area (Å²) in [6.45, 7) is 4.60. The van der Waals surface area contributed by atoms with E-state index in [4.69, 9.17) is 5.11 Å². The van der Waals surface area contributed by atoms with Gasteiger partial charge in [-0.2, -0.15) is 0 Å². The minimum Gasteiger partial charge on any atom is -1.00 e. The first kappa shape index (κ1) is 13.2. The monoisotopic (exact) mass is 257 g/mol. The molecule has 0 heterocycles. The highest BCUT2D eigenvalue weighted by Gasteiger charge is 2.15. The van der Waals surface area contributed by atoms with Crippen LogP contribution in [0.1, 0.15) is 0 Å². The summed E-state index contributed by atoms with van der Waals surface area (Å²) in [6, 6.07) is 7.27. The summed E-state index contributed by atoms with van der Waals surface area (Å²) in [5.41, 5.74) is 1.16. The molecule has 78 valence electrons. The molecule has 1 rings (SSSR count). The predicted octanol–water partition coefficient (Wildman–Crippen LogP) is -0.851. The SMILES string of the molecule is C=CC[N+](C)(C)c1ccc(O)cc1.[Br-]. The van der Waals surface area contributed by atoms with Gasteiger partial charge in [-0.3, -0.25) is 4.48 Å². The van der Waals surface area contributed by atoms with Crippen molar-refractivity contribution in [1.29, 1.82) is 0 Å². The molecule has 0 saturated heterocycles. The molecule has 2 nitrogen and oxygen atoms in total. The van der Waals surface area contributed by atoms with E-state index in [1.54, 1.807) is 12.1 Å². The molecule has 0 bridgehead atoms. The molecular weight excluding hydrogens is 242 g/mol. The molecule has 0 unspecified atom stereocenters. The van der Waals surface area contributed by atoms with E-state index in [2.05, 4.69) is 20.7 Å². The van der Waals surface area contributed by atoms with Crippen LogP contribution in [0.5, 0.6) is 5.75 Å². The molecule has 0 aromatic heterocycles. The molecule has 0 aliphatic heterocycles. The minimum atomic E-state index is 0. The van der Waals surface area contributed by atoms with Crippen LogP contribution in [0.15, 0.2) is 36.9 Å². The third-order valence-electron chi connectivity index (χ3n) is 2.13. The summed E-state index contributed by atoms with van der Waals surface area (Å²) >= 11 is 0. The quantitative estimate of drug-likeness (QED) is 0.553. The number of aromatic hydroxyl groups is 1. The summed E-state index contributed by atoms with van der Waals surface area (Å²) in [6.07, 6.45) is 1.90. The van der Waals surface area contributed by atoms with Crippen molar-refractivity contribution in [1.82, 2.24) is 4.48 Å². The Morgan fingerprint density at radius 1 is 1.29 bits per heavy atom. The molecule has 3 heteroatoms. The van der Waals surface area contributed by atoms with Gasteiger partial charge >= 0.3 is 0 Å². The molecular formula is C11H16BrNO. The van der Waals surface area contributed by atoms with Crippen molar-refractivity contribution in [2.75, 3.05) is 20.6 Å². The second-order valence-electron chi connectivity index (χ2n) is 3.67. The predicted molar refractivity (Wildman–Crippen MR) is 56.8 cm³/mol. The highest BCUT2D eigenvalue weighted by Crippen LogP contribution is 2.21. The van der Waals surface area contributed by atoms with E-state index in [-0.39, 0.29) is 17.0 Å². The third-order valence-corrected chi connectivity index (χ3v) is 2.13. The second-order valence-corrected chi connectivity index (χ2v) is 3.67. The van der Waals surface area contributed by atoms with Crippen LogP contribution in [0.3, 0.4) is 0 Å². The minimum absolute atomic E-state index is 0. The summed E-state index contributed by atoms with van der Waals surface area (Å²) in [4.78, 5) is 0. The molecule has 1 aromatic rings. The number of hydrogen-bond acceptors (Lipinski definition) is 1. The summed E-state index contributed by atoms with van der Waals surface area (Å²) in [7, 11) is 4.21. The highest BCUT2D eigenvalue weighted by molar-refractivity contribution is 5.45. The van der Waals surface area contributed by atoms with Crippen molar-refractivity contribution in [2.45, 2.75) is 0 Å². The van der Waals surface area contributed by atoms with Crippen molar-refractivity contribution >= 4 is 5.69 Å². The molecule has 0 aliphatic rings. The first-order chi connectivity index (χ1) is 6.06. The first-order valence-corrected chi connectivity index (χ1v) is 4.30. The topological polar surface area (TPSA) is 20.2 Å². The van der Waals surface area contributed by atoms with Crippen LogP contribution in [-0.2, 0) is 0 Å². The van der Waals surface area contributed by atoms with Crippen molar-refractivity contribution in [3.8, 4) is 5.75 Å². The van der Waals surface area contributed by atoms with E-state index in [9.17, 15) is 0 Å². The smallest absolute Gasteiger partial charge is 0.132 e. The molecule has 1 N–H and O–H groups in total. The van der Waals surface area contributed by atoms with E-state index in [0.29, 0.717) is 5.75 Å². The third kappa shape index (κ3) is 3.16. The summed E-state index contributed by atoms with van der Waals surface area (Å²) in [5, 5.41) is 9.13. The molecule has 0 fully saturated rings. The van der Waals surface area contributed by atoms with Crippen LogP contribution >= 0.6 is 0 Å². The lowest BCUT2D eigenvalue weighted by Gasteiger charge is -2.27. The molecule has 1 aromatic carbocycles. The van der Waals surface area contributed by atoms with Gasteiger partial charge in [0, 0.05) is 12.1 Å². The fourth-order valence-corrected chi connectivity index (χ4v) is 1.28. The van der Waals surface area contributed by atoms with Gasteiger partial charge in [0.1, 0.15) is 18.0 Å². The molecule has 0 amide bonds. The second kappa shape index (κ2) is 5.17. The summed E-state index contributed by atoms with van der Waals surface area (Å²) in [5.74, 6) is 0.308. The number of hydrogen-bond donors (Lipinski definition) is 1. The van der Waals surface area contributed by atoms with E-state index >= 15 is 0 Å². The Bertz CT molecular complexity index is 293. The zero-order chi connectivity index (χ0) is 9.90. The van der Waals surface area contributed by atoms with Crippen molar-refractivity contribution in [3.05, 3.63) is 36.9 Å². The maximum absolute atomic E-state index is 9.13. The number of rotatable bonds is 3. The number of phenolic OH excluding ortho intramolecular Hbond substituents is 1. The summed E-state index contributed by atoms with van der Waals surface area (Å²) < 4.78 is 0.754. The fraction of sp³-hybridized carbons (Fsp3) is 0.273. The molecule has 0 spiro atoms. The van der Waals surface area contributed by atoms with Gasteiger partial charge in [-0.25, -0.2) is 0 Å². The van der Waals surface area contributed by atoms with E-state index in [1.807, 2.05) is 18.2 Å². The zero-order valence-corrected chi connectivity index (χ0v) is 10.2. The maximum atomic E-state index is 9.13. The number of benzene rings is 1. The highest BCUT2D eigenvalue weighted by atomic mass is 79.9. The van der Waals surface area contributed by atoms with E-state index < -0.39 is 0 Å². The average Bonchev–Trinajstić information content (AvgIpc) is 2.05. The molecule has 0 atom stereocenters. The van der Waals surface area contributed by atoms with Crippen LogP contribution in [0, 0.1) is 0 Å². The van der Waals surface area contributed by atoms with Crippen molar-refractivity contribution < 1.29 is 22.1 Å². The normalized spacial score (nSPS) is 10.4. The van der Waals surface area contributed by atoms with Gasteiger partial charge in [-0.05, 0) is 18.2 Å². The first-order valence-electron chi connectivity index (χ1n) is 4.30. The number of halogens is 1. The molecule has 14 heavy (non-hydrogen) atoms. The zero-order valence-electron chi connectivity index (χ0n) is 8.57. The van der Waals surface area contributed by atoms with Gasteiger partial charge in [0.25, 0.3) is 0 Å². The Hall–Kier alpha value is -0.800. The molecule has 0 radical (unpaired) electrons. The van der Waals surface area contributed by atoms with Crippen molar-refractivity contribution in [3.63, 3.8) is 0 Å². The van der Waals surface area contributed by atoms with Gasteiger partial charge in [0.15, 0.2) is 0 Å². The van der Waals surface area contributed by atoms with Gasteiger partial charge in [0.2, 0.25) is 0 Å². The fourth-order valence-electron chi connectivity index (χ4n) is 1.28. The van der Waals surface area contributed by atoms with Crippen molar-refractivity contribution in [2.24, 2.45) is 0 Å². The van der Waals surface area contributed by atoms with Crippen LogP contribution in [0.4, 0.5) is 5.69 Å². The number of nitrogens with zero attached hydrogens (tertiary/aromatic N) is 1. The van der Waals surface area contributed by atoms with Gasteiger partial charge in [0.05, 0.1) is 14.1 Å². The van der Waals surface area contributed by atoms with E-state index in [1.165, 1.54) is 0 Å².